The van der Waals surface area contributed by atoms with Crippen molar-refractivity contribution in [2.24, 2.45) is 5.92 Å². The SMILES string of the molecule is [B]C([B])([B])NC(=O)c1nnc(NC(=O)C2CC2)cc1Nc1cccc(-c2nc(CN3CCN(C(C)=O)CC3=O)no2)c1OC. The molecule has 0 bridgehead atoms. The summed E-state index contributed by atoms with van der Waals surface area (Å²) in [5, 5.41) is 17.9. The number of carbonyl (C=O) groups is 4. The average Bonchev–Trinajstić information content (AvgIpc) is 3.72. The quantitative estimate of drug-likeness (QED) is 0.262. The van der Waals surface area contributed by atoms with Gasteiger partial charge in [0.25, 0.3) is 11.8 Å². The molecule has 15 nitrogen and oxygen atoms in total. The van der Waals surface area contributed by atoms with Crippen LogP contribution in [0.15, 0.2) is 28.8 Å². The maximum absolute atomic E-state index is 12.9. The van der Waals surface area contributed by atoms with Crippen molar-refractivity contribution >= 4 is 64.4 Å². The van der Waals surface area contributed by atoms with E-state index in [4.69, 9.17) is 32.8 Å². The first-order chi connectivity index (χ1) is 20.9. The number of hydrogen-bond donors (Lipinski definition) is 3. The van der Waals surface area contributed by atoms with Gasteiger partial charge >= 0.3 is 0 Å². The highest BCUT2D eigenvalue weighted by Gasteiger charge is 2.31. The molecular weight excluding hydrogens is 567 g/mol. The van der Waals surface area contributed by atoms with Crippen molar-refractivity contribution in [3.8, 4) is 17.2 Å². The number of carbonyl (C=O) groups excluding carboxylic acids is 4. The molecule has 18 heteroatoms. The summed E-state index contributed by atoms with van der Waals surface area (Å²) in [5.74, 6) is -0.781. The second kappa shape index (κ2) is 12.4. The lowest BCUT2D eigenvalue weighted by atomic mass is 9.49. The highest BCUT2D eigenvalue weighted by atomic mass is 16.5. The smallest absolute Gasteiger partial charge is 0.272 e. The summed E-state index contributed by atoms with van der Waals surface area (Å²) in [4.78, 5) is 56.8. The maximum atomic E-state index is 12.9. The number of ether oxygens (including phenoxy) is 1. The lowest BCUT2D eigenvalue weighted by Crippen LogP contribution is -2.51. The fourth-order valence-electron chi connectivity index (χ4n) is 4.46. The molecule has 4 amide bonds. The Hall–Kier alpha value is -4.89. The number of anilines is 3. The minimum atomic E-state index is -2.03. The van der Waals surface area contributed by atoms with Crippen molar-refractivity contribution in [3.05, 3.63) is 35.8 Å². The van der Waals surface area contributed by atoms with Gasteiger partial charge in [0.2, 0.25) is 17.7 Å². The first-order valence-corrected chi connectivity index (χ1v) is 13.6. The number of rotatable bonds is 10. The van der Waals surface area contributed by atoms with Crippen LogP contribution in [0, 0.1) is 5.92 Å². The van der Waals surface area contributed by atoms with E-state index >= 15 is 0 Å². The number of amides is 4. The van der Waals surface area contributed by atoms with E-state index in [1.165, 1.54) is 25.0 Å². The average molecular weight is 593 g/mol. The third-order valence-electron chi connectivity index (χ3n) is 6.82. The number of methoxy groups -OCH3 is 1. The van der Waals surface area contributed by atoms with Gasteiger partial charge in [-0.2, -0.15) is 4.98 Å². The minimum absolute atomic E-state index is 0.0136. The molecule has 44 heavy (non-hydrogen) atoms. The normalized spacial score (nSPS) is 15.1. The summed E-state index contributed by atoms with van der Waals surface area (Å²) in [6, 6.07) is 6.45. The first-order valence-electron chi connectivity index (χ1n) is 13.6. The Balaban J connectivity index is 1.40. The molecule has 1 saturated heterocycles. The number of aromatic nitrogens is 4. The fraction of sp³-hybridized carbons (Fsp3) is 0.385. The molecule has 2 aromatic heterocycles. The van der Waals surface area contributed by atoms with Crippen molar-refractivity contribution in [2.45, 2.75) is 31.5 Å². The van der Waals surface area contributed by atoms with Crippen molar-refractivity contribution in [1.29, 1.82) is 0 Å². The molecule has 0 spiro atoms. The van der Waals surface area contributed by atoms with Gasteiger partial charge in [0.05, 0.1) is 60.7 Å². The second-order valence-electron chi connectivity index (χ2n) is 10.4. The maximum Gasteiger partial charge on any atom is 0.272 e. The van der Waals surface area contributed by atoms with Crippen LogP contribution in [0.3, 0.4) is 0 Å². The zero-order valence-corrected chi connectivity index (χ0v) is 24.0. The lowest BCUT2D eigenvalue weighted by molar-refractivity contribution is -0.144. The predicted molar refractivity (Wildman–Crippen MR) is 158 cm³/mol. The van der Waals surface area contributed by atoms with Gasteiger partial charge in [0.1, 0.15) is 0 Å². The van der Waals surface area contributed by atoms with E-state index in [0.29, 0.717) is 24.3 Å². The van der Waals surface area contributed by atoms with Crippen LogP contribution >= 0.6 is 0 Å². The third-order valence-corrected chi connectivity index (χ3v) is 6.82. The monoisotopic (exact) mass is 593 g/mol. The van der Waals surface area contributed by atoms with E-state index < -0.39 is 11.1 Å². The highest BCUT2D eigenvalue weighted by molar-refractivity contribution is 6.60. The van der Waals surface area contributed by atoms with E-state index in [1.807, 2.05) is 0 Å². The molecule has 3 aromatic rings. The number of nitrogens with zero attached hydrogens (tertiary/aromatic N) is 6. The molecule has 220 valence electrons. The van der Waals surface area contributed by atoms with Crippen LogP contribution in [-0.4, -0.2) is 109 Å². The van der Waals surface area contributed by atoms with Gasteiger partial charge in [-0.1, -0.05) is 16.5 Å². The predicted octanol–water partition coefficient (Wildman–Crippen LogP) is -0.335. The third kappa shape index (κ3) is 7.18. The zero-order chi connectivity index (χ0) is 31.6. The Morgan fingerprint density at radius 2 is 1.91 bits per heavy atom. The Morgan fingerprint density at radius 3 is 2.57 bits per heavy atom. The molecule has 6 radical (unpaired) electrons. The van der Waals surface area contributed by atoms with Crippen LogP contribution in [0.25, 0.3) is 11.5 Å². The second-order valence-corrected chi connectivity index (χ2v) is 10.4. The van der Waals surface area contributed by atoms with Crippen molar-refractivity contribution in [3.63, 3.8) is 0 Å². The summed E-state index contributed by atoms with van der Waals surface area (Å²) in [6.45, 7) is 2.24. The van der Waals surface area contributed by atoms with Gasteiger partial charge in [-0.3, -0.25) is 19.2 Å². The molecule has 2 aliphatic rings. The number of piperazine rings is 1. The van der Waals surface area contributed by atoms with Gasteiger partial charge in [0.15, 0.2) is 23.1 Å². The highest BCUT2D eigenvalue weighted by Crippen LogP contribution is 2.38. The van der Waals surface area contributed by atoms with E-state index in [2.05, 4.69) is 36.3 Å². The number of para-hydroxylation sites is 1. The van der Waals surface area contributed by atoms with E-state index in [1.54, 1.807) is 23.1 Å². The summed E-state index contributed by atoms with van der Waals surface area (Å²) < 4.78 is 11.2. The van der Waals surface area contributed by atoms with Crippen molar-refractivity contribution < 1.29 is 28.4 Å². The Labute approximate surface area is 256 Å². The van der Waals surface area contributed by atoms with Crippen molar-refractivity contribution in [1.82, 2.24) is 35.5 Å². The van der Waals surface area contributed by atoms with Crippen LogP contribution in [-0.2, 0) is 20.9 Å². The molecule has 1 saturated carbocycles. The van der Waals surface area contributed by atoms with Gasteiger partial charge < -0.3 is 35.0 Å². The molecule has 5 rings (SSSR count). The number of nitrogens with one attached hydrogen (secondary N) is 3. The largest absolute Gasteiger partial charge is 0.494 e. The van der Waals surface area contributed by atoms with Gasteiger partial charge in [-0.15, -0.1) is 10.2 Å². The minimum Gasteiger partial charge on any atom is -0.494 e. The van der Waals surface area contributed by atoms with E-state index in [0.717, 1.165) is 12.8 Å². The van der Waals surface area contributed by atoms with Gasteiger partial charge in [0, 0.05) is 32.0 Å². The standard InChI is InChI=1S/C26H26B3N9O6/c1-13(39)37-8-9-38(20(40)12-37)11-19-32-25(44-36-19)15-4-3-5-16(22(15)43-2)30-17-10-18(31-23(41)14-6-7-14)34-35-21(17)24(42)33-26(27,28)29/h3-5,10,14H,6-9,11-12H2,1-2H3,(H,33,42)(H2,30,31,34,41). The molecule has 3 N–H and O–H groups in total. The number of hydrogen-bond acceptors (Lipinski definition) is 11. The van der Waals surface area contributed by atoms with Crippen LogP contribution in [0.1, 0.15) is 36.1 Å². The molecule has 2 fully saturated rings. The number of benzene rings is 1. The fourth-order valence-corrected chi connectivity index (χ4v) is 4.46. The lowest BCUT2D eigenvalue weighted by Gasteiger charge is -2.33. The summed E-state index contributed by atoms with van der Waals surface area (Å²) in [5.41, 5.74) is 0.672. The topological polar surface area (TPSA) is 185 Å². The van der Waals surface area contributed by atoms with Crippen molar-refractivity contribution in [2.75, 3.05) is 37.4 Å². The molecular formula is C26H26B3N9O6. The van der Waals surface area contributed by atoms with Gasteiger partial charge in [-0.25, -0.2) is 0 Å². The van der Waals surface area contributed by atoms with E-state index in [9.17, 15) is 19.2 Å². The summed E-state index contributed by atoms with van der Waals surface area (Å²) in [7, 11) is 18.1. The van der Waals surface area contributed by atoms with Gasteiger partial charge in [-0.05, 0) is 25.0 Å². The van der Waals surface area contributed by atoms with E-state index in [-0.39, 0.29) is 71.4 Å². The molecule has 1 aliphatic carbocycles. The molecule has 0 unspecified atom stereocenters. The molecule has 3 heterocycles. The Kier molecular flexibility index (Phi) is 8.60. The Bertz CT molecular complexity index is 1610. The summed E-state index contributed by atoms with van der Waals surface area (Å²) in [6.07, 6.45) is 1.56. The van der Waals surface area contributed by atoms with Crippen LogP contribution in [0.4, 0.5) is 17.2 Å². The molecule has 1 aliphatic heterocycles. The summed E-state index contributed by atoms with van der Waals surface area (Å²) >= 11 is 0. The molecule has 0 atom stereocenters. The first kappa shape index (κ1) is 30.6. The van der Waals surface area contributed by atoms with Crippen LogP contribution < -0.4 is 20.7 Å². The van der Waals surface area contributed by atoms with Crippen LogP contribution in [0.5, 0.6) is 5.75 Å². The zero-order valence-electron chi connectivity index (χ0n) is 24.0. The van der Waals surface area contributed by atoms with Crippen LogP contribution in [0.2, 0.25) is 0 Å². The molecule has 1 aromatic carbocycles. The Morgan fingerprint density at radius 1 is 1.14 bits per heavy atom.